The molecule has 1 N–H and O–H groups in total. The molecule has 1 aromatic carbocycles. The summed E-state index contributed by atoms with van der Waals surface area (Å²) >= 11 is 0. The Bertz CT molecular complexity index is 649. The molecule has 0 spiro atoms. The molecule has 0 aromatic heterocycles. The summed E-state index contributed by atoms with van der Waals surface area (Å²) < 4.78 is 46.0. The van der Waals surface area contributed by atoms with Gasteiger partial charge in [0, 0.05) is 12.1 Å². The highest BCUT2D eigenvalue weighted by atomic mass is 32.3. The van der Waals surface area contributed by atoms with Crippen LogP contribution in [0.4, 0.5) is 5.69 Å². The predicted molar refractivity (Wildman–Crippen MR) is 58.3 cm³/mol. The Labute approximate surface area is 97.5 Å². The van der Waals surface area contributed by atoms with Gasteiger partial charge in [-0.3, -0.25) is 10.1 Å². The predicted octanol–water partition coefficient (Wildman–Crippen LogP) is -0.167. The Morgan fingerprint density at radius 2 is 1.82 bits per heavy atom. The van der Waals surface area contributed by atoms with Gasteiger partial charge in [0.15, 0.2) is 0 Å². The largest absolute Gasteiger partial charge is 0.270 e. The number of nitro groups is 1. The van der Waals surface area contributed by atoms with E-state index < -0.39 is 35.6 Å². The SMILES string of the molecule is CS(=O)(=O)NS(=O)(=O)c1cccc([N+](=O)[O-])c1. The standard InChI is InChI=1S/C7H8N2O6S2/c1-16(12,13)8-17(14,15)7-4-2-3-6(5-7)9(10)11/h2-5,8H,1H3. The van der Waals surface area contributed by atoms with Gasteiger partial charge in [0.25, 0.3) is 15.7 Å². The van der Waals surface area contributed by atoms with Gasteiger partial charge in [0.1, 0.15) is 0 Å². The Morgan fingerprint density at radius 1 is 1.24 bits per heavy atom. The van der Waals surface area contributed by atoms with Gasteiger partial charge < -0.3 is 0 Å². The third-order valence-electron chi connectivity index (χ3n) is 1.60. The lowest BCUT2D eigenvalue weighted by molar-refractivity contribution is -0.385. The molecule has 10 heteroatoms. The van der Waals surface area contributed by atoms with E-state index in [0.29, 0.717) is 6.26 Å². The van der Waals surface area contributed by atoms with Gasteiger partial charge in [-0.15, -0.1) is 4.13 Å². The molecule has 0 aliphatic rings. The normalized spacial score (nSPS) is 12.3. The van der Waals surface area contributed by atoms with Gasteiger partial charge in [-0.05, 0) is 6.07 Å². The molecule has 0 aliphatic heterocycles. The average molecular weight is 280 g/mol. The molecule has 0 saturated heterocycles. The third-order valence-corrected chi connectivity index (χ3v) is 4.56. The molecule has 8 nitrogen and oxygen atoms in total. The number of non-ortho nitro benzene ring substituents is 1. The van der Waals surface area contributed by atoms with Gasteiger partial charge in [-0.2, -0.15) is 0 Å². The lowest BCUT2D eigenvalue weighted by atomic mass is 10.3. The Balaban J connectivity index is 3.25. The second kappa shape index (κ2) is 4.39. The second-order valence-electron chi connectivity index (χ2n) is 3.11. The lowest BCUT2D eigenvalue weighted by Gasteiger charge is -2.03. The monoisotopic (exact) mass is 280 g/mol. The van der Waals surface area contributed by atoms with Gasteiger partial charge in [-0.1, -0.05) is 6.07 Å². The van der Waals surface area contributed by atoms with Crippen molar-refractivity contribution < 1.29 is 21.8 Å². The van der Waals surface area contributed by atoms with Gasteiger partial charge in [0.05, 0.1) is 16.1 Å². The number of sulfonamides is 2. The molecule has 94 valence electrons. The fraction of sp³-hybridized carbons (Fsp3) is 0.143. The van der Waals surface area contributed by atoms with E-state index in [1.54, 1.807) is 0 Å². The zero-order valence-electron chi connectivity index (χ0n) is 8.52. The summed E-state index contributed by atoms with van der Waals surface area (Å²) in [5.74, 6) is 0. The summed E-state index contributed by atoms with van der Waals surface area (Å²) in [6.45, 7) is 0. The molecule has 0 aliphatic carbocycles. The maximum Gasteiger partial charge on any atom is 0.270 e. The summed E-state index contributed by atoms with van der Waals surface area (Å²) in [5, 5.41) is 10.4. The highest BCUT2D eigenvalue weighted by Gasteiger charge is 2.21. The van der Waals surface area contributed by atoms with Crippen molar-refractivity contribution in [2.75, 3.05) is 6.26 Å². The zero-order valence-corrected chi connectivity index (χ0v) is 10.2. The van der Waals surface area contributed by atoms with E-state index in [0.717, 1.165) is 24.3 Å². The van der Waals surface area contributed by atoms with E-state index in [1.165, 1.54) is 4.13 Å². The molecular weight excluding hydrogens is 272 g/mol. The van der Waals surface area contributed by atoms with Gasteiger partial charge >= 0.3 is 0 Å². The molecule has 17 heavy (non-hydrogen) atoms. The van der Waals surface area contributed by atoms with Crippen molar-refractivity contribution in [3.05, 3.63) is 34.4 Å². The summed E-state index contributed by atoms with van der Waals surface area (Å²) in [6, 6.07) is 4.07. The number of nitrogens with zero attached hydrogens (tertiary/aromatic N) is 1. The summed E-state index contributed by atoms with van der Waals surface area (Å²) in [7, 11) is -8.29. The van der Waals surface area contributed by atoms with Gasteiger partial charge in [-0.25, -0.2) is 16.8 Å². The van der Waals surface area contributed by atoms with Crippen LogP contribution in [0, 0.1) is 10.1 Å². The van der Waals surface area contributed by atoms with Crippen LogP contribution in [0.3, 0.4) is 0 Å². The molecule has 0 saturated carbocycles. The molecular formula is C7H8N2O6S2. The van der Waals surface area contributed by atoms with Crippen molar-refractivity contribution in [3.8, 4) is 0 Å². The number of hydrogen-bond donors (Lipinski definition) is 1. The smallest absolute Gasteiger partial charge is 0.258 e. The van der Waals surface area contributed by atoms with E-state index in [4.69, 9.17) is 0 Å². The molecule has 1 rings (SSSR count). The number of hydrogen-bond acceptors (Lipinski definition) is 6. The van der Waals surface area contributed by atoms with Crippen LogP contribution < -0.4 is 4.13 Å². The quantitative estimate of drug-likeness (QED) is 0.603. The van der Waals surface area contributed by atoms with E-state index in [1.807, 2.05) is 0 Å². The van der Waals surface area contributed by atoms with Crippen molar-refractivity contribution in [1.29, 1.82) is 0 Å². The highest BCUT2D eigenvalue weighted by molar-refractivity contribution is 8.04. The van der Waals surface area contributed by atoms with E-state index >= 15 is 0 Å². The fourth-order valence-electron chi connectivity index (χ4n) is 1.01. The number of nitrogens with one attached hydrogen (secondary N) is 1. The maximum absolute atomic E-state index is 11.5. The first-order valence-electron chi connectivity index (χ1n) is 4.10. The van der Waals surface area contributed by atoms with E-state index in [9.17, 15) is 26.9 Å². The van der Waals surface area contributed by atoms with Crippen LogP contribution in [0.2, 0.25) is 0 Å². The molecule has 0 bridgehead atoms. The average Bonchev–Trinajstić information content (AvgIpc) is 2.14. The number of rotatable bonds is 4. The summed E-state index contributed by atoms with van der Waals surface area (Å²) in [4.78, 5) is 9.17. The van der Waals surface area contributed by atoms with Crippen LogP contribution in [0.1, 0.15) is 0 Å². The summed E-state index contributed by atoms with van der Waals surface area (Å²) in [5.41, 5.74) is -0.443. The lowest BCUT2D eigenvalue weighted by Crippen LogP contribution is -2.29. The van der Waals surface area contributed by atoms with Crippen molar-refractivity contribution >= 4 is 25.7 Å². The Kier molecular flexibility index (Phi) is 3.50. The minimum atomic E-state index is -4.32. The van der Waals surface area contributed by atoms with Crippen LogP contribution in [0.5, 0.6) is 0 Å². The highest BCUT2D eigenvalue weighted by Crippen LogP contribution is 2.17. The topological polar surface area (TPSA) is 123 Å². The second-order valence-corrected chi connectivity index (χ2v) is 6.80. The number of benzene rings is 1. The molecule has 0 unspecified atom stereocenters. The van der Waals surface area contributed by atoms with Crippen molar-refractivity contribution in [1.82, 2.24) is 4.13 Å². The molecule has 0 atom stereocenters. The van der Waals surface area contributed by atoms with E-state index in [2.05, 4.69) is 0 Å². The maximum atomic E-state index is 11.5. The Hall–Kier alpha value is -1.52. The Morgan fingerprint density at radius 3 is 2.29 bits per heavy atom. The fourth-order valence-corrected chi connectivity index (χ4v) is 3.52. The van der Waals surface area contributed by atoms with Crippen LogP contribution in [-0.2, 0) is 20.0 Å². The summed E-state index contributed by atoms with van der Waals surface area (Å²) in [6.07, 6.45) is 0.669. The molecule has 1 aromatic rings. The molecule has 0 heterocycles. The van der Waals surface area contributed by atoms with Crippen molar-refractivity contribution in [2.45, 2.75) is 4.90 Å². The van der Waals surface area contributed by atoms with E-state index in [-0.39, 0.29) is 0 Å². The minimum absolute atomic E-state index is 0.443. The first-order valence-corrected chi connectivity index (χ1v) is 7.47. The minimum Gasteiger partial charge on any atom is -0.258 e. The molecule has 0 fully saturated rings. The van der Waals surface area contributed by atoms with Crippen LogP contribution in [0.25, 0.3) is 0 Å². The first kappa shape index (κ1) is 13.5. The zero-order chi connectivity index (χ0) is 13.3. The molecule has 0 radical (unpaired) electrons. The molecule has 0 amide bonds. The third kappa shape index (κ3) is 3.76. The van der Waals surface area contributed by atoms with Crippen LogP contribution >= 0.6 is 0 Å². The van der Waals surface area contributed by atoms with Crippen LogP contribution in [-0.4, -0.2) is 28.0 Å². The van der Waals surface area contributed by atoms with Crippen molar-refractivity contribution in [3.63, 3.8) is 0 Å². The van der Waals surface area contributed by atoms with Gasteiger partial charge in [0.2, 0.25) is 10.0 Å². The van der Waals surface area contributed by atoms with Crippen molar-refractivity contribution in [2.24, 2.45) is 0 Å². The van der Waals surface area contributed by atoms with Crippen LogP contribution in [0.15, 0.2) is 29.2 Å². The first-order chi connectivity index (χ1) is 7.62. The number of nitro benzene ring substituents is 1.